The third-order valence-corrected chi connectivity index (χ3v) is 5.86. The van der Waals surface area contributed by atoms with Crippen LogP contribution < -0.4 is 10.1 Å². The number of furan rings is 1. The lowest BCUT2D eigenvalue weighted by molar-refractivity contribution is -0.111. The number of aryl methyl sites for hydroxylation is 1. The number of nitrogens with one attached hydrogen (secondary N) is 1. The normalized spacial score (nSPS) is 11.7. The number of nitrogens with zero attached hydrogens (tertiary/aromatic N) is 1. The molecule has 0 radical (unpaired) electrons. The maximum atomic E-state index is 12.5. The fourth-order valence-corrected chi connectivity index (χ4v) is 4.15. The second-order valence-electron chi connectivity index (χ2n) is 7.00. The maximum Gasteiger partial charge on any atom is 0.250 e. The number of thiazole rings is 1. The van der Waals surface area contributed by atoms with Crippen LogP contribution in [0.3, 0.4) is 0 Å². The summed E-state index contributed by atoms with van der Waals surface area (Å²) in [7, 11) is 0. The molecule has 0 aliphatic carbocycles. The zero-order chi connectivity index (χ0) is 22.0. The van der Waals surface area contributed by atoms with Crippen molar-refractivity contribution in [3.05, 3.63) is 70.4 Å². The number of rotatable bonds is 6. The number of amides is 1. The molecule has 2 heterocycles. The first-order chi connectivity index (χ1) is 15.0. The topological polar surface area (TPSA) is 64.4 Å². The molecule has 0 aliphatic heterocycles. The van der Waals surface area contributed by atoms with E-state index in [2.05, 4.69) is 10.3 Å². The quantitative estimate of drug-likeness (QED) is 0.321. The molecule has 158 valence electrons. The molecule has 0 fully saturated rings. The van der Waals surface area contributed by atoms with Gasteiger partial charge in [-0.1, -0.05) is 23.7 Å². The average Bonchev–Trinajstić information content (AvgIpc) is 3.40. The molecule has 7 heteroatoms. The van der Waals surface area contributed by atoms with Gasteiger partial charge in [0.1, 0.15) is 11.3 Å². The Balaban J connectivity index is 1.81. The standard InChI is InChI=1S/C24H21ClN2O3S/c1-4-29-22-15(3)23-19(20(13-30-23)16-5-7-17(25)8-6-16)12-18(22)14(2)11-21(28)27-24-26-9-10-31-24/h5-13H,4H2,1-3H3,(H,26,27,28)/b14-11+. The van der Waals surface area contributed by atoms with Crippen LogP contribution in [0.4, 0.5) is 5.13 Å². The van der Waals surface area contributed by atoms with E-state index in [4.69, 9.17) is 20.8 Å². The molecule has 0 spiro atoms. The van der Waals surface area contributed by atoms with Crippen molar-refractivity contribution in [3.8, 4) is 16.9 Å². The lowest BCUT2D eigenvalue weighted by atomic mass is 9.96. The summed E-state index contributed by atoms with van der Waals surface area (Å²) in [5.41, 5.74) is 5.24. The Morgan fingerprint density at radius 2 is 2.10 bits per heavy atom. The Morgan fingerprint density at radius 3 is 2.77 bits per heavy atom. The number of carbonyl (C=O) groups is 1. The number of fused-ring (bicyclic) bond motifs is 1. The Morgan fingerprint density at radius 1 is 1.32 bits per heavy atom. The van der Waals surface area contributed by atoms with E-state index in [1.165, 1.54) is 11.3 Å². The summed E-state index contributed by atoms with van der Waals surface area (Å²) in [5, 5.41) is 6.79. The first kappa shape index (κ1) is 21.2. The van der Waals surface area contributed by atoms with Crippen LogP contribution >= 0.6 is 22.9 Å². The van der Waals surface area contributed by atoms with Crippen LogP contribution in [-0.2, 0) is 4.79 Å². The van der Waals surface area contributed by atoms with Gasteiger partial charge in [-0.2, -0.15) is 0 Å². The largest absolute Gasteiger partial charge is 0.493 e. The van der Waals surface area contributed by atoms with E-state index in [0.717, 1.165) is 38.8 Å². The van der Waals surface area contributed by atoms with Gasteiger partial charge in [-0.15, -0.1) is 11.3 Å². The number of hydrogen-bond acceptors (Lipinski definition) is 5. The van der Waals surface area contributed by atoms with Gasteiger partial charge in [0.15, 0.2) is 5.13 Å². The van der Waals surface area contributed by atoms with Gasteiger partial charge >= 0.3 is 0 Å². The van der Waals surface area contributed by atoms with E-state index in [0.29, 0.717) is 22.5 Å². The Kier molecular flexibility index (Phi) is 6.11. The number of halogens is 1. The molecule has 1 N–H and O–H groups in total. The van der Waals surface area contributed by atoms with Crippen LogP contribution in [0.5, 0.6) is 5.75 Å². The van der Waals surface area contributed by atoms with E-state index in [9.17, 15) is 4.79 Å². The highest BCUT2D eigenvalue weighted by atomic mass is 35.5. The van der Waals surface area contributed by atoms with E-state index < -0.39 is 0 Å². The van der Waals surface area contributed by atoms with Crippen LogP contribution in [0, 0.1) is 6.92 Å². The van der Waals surface area contributed by atoms with Gasteiger partial charge in [-0.25, -0.2) is 4.98 Å². The molecule has 4 aromatic rings. The maximum absolute atomic E-state index is 12.5. The molecule has 0 bridgehead atoms. The molecule has 0 atom stereocenters. The van der Waals surface area contributed by atoms with E-state index in [1.807, 2.05) is 56.5 Å². The highest BCUT2D eigenvalue weighted by Crippen LogP contribution is 2.41. The summed E-state index contributed by atoms with van der Waals surface area (Å²) >= 11 is 7.42. The SMILES string of the molecule is CCOc1c(/C(C)=C/C(=O)Nc2nccs2)cc2c(-c3ccc(Cl)cc3)coc2c1C. The summed E-state index contributed by atoms with van der Waals surface area (Å²) in [6, 6.07) is 9.64. The summed E-state index contributed by atoms with van der Waals surface area (Å²) in [4.78, 5) is 16.6. The fraction of sp³-hybridized carbons (Fsp3) is 0.167. The van der Waals surface area contributed by atoms with E-state index in [-0.39, 0.29) is 5.91 Å². The predicted octanol–water partition coefficient (Wildman–Crippen LogP) is 6.96. The van der Waals surface area contributed by atoms with Crippen molar-refractivity contribution in [3.63, 3.8) is 0 Å². The van der Waals surface area contributed by atoms with Crippen molar-refractivity contribution < 1.29 is 13.9 Å². The third kappa shape index (κ3) is 4.36. The summed E-state index contributed by atoms with van der Waals surface area (Å²) < 4.78 is 11.9. The van der Waals surface area contributed by atoms with Gasteiger partial charge < -0.3 is 9.15 Å². The second-order valence-corrected chi connectivity index (χ2v) is 8.33. The van der Waals surface area contributed by atoms with Crippen molar-refractivity contribution in [2.45, 2.75) is 20.8 Å². The second kappa shape index (κ2) is 8.96. The van der Waals surface area contributed by atoms with Crippen LogP contribution in [0.25, 0.3) is 27.7 Å². The summed E-state index contributed by atoms with van der Waals surface area (Å²) in [5.74, 6) is 0.473. The molecule has 0 saturated heterocycles. The molecular weight excluding hydrogens is 432 g/mol. The van der Waals surface area contributed by atoms with Crippen molar-refractivity contribution >= 4 is 50.5 Å². The van der Waals surface area contributed by atoms with Gasteiger partial charge in [0.05, 0.1) is 12.9 Å². The lowest BCUT2D eigenvalue weighted by Gasteiger charge is -2.15. The van der Waals surface area contributed by atoms with Gasteiger partial charge in [-0.3, -0.25) is 10.1 Å². The van der Waals surface area contributed by atoms with Crippen molar-refractivity contribution in [1.82, 2.24) is 4.98 Å². The van der Waals surface area contributed by atoms with Crippen LogP contribution in [-0.4, -0.2) is 17.5 Å². The highest BCUT2D eigenvalue weighted by molar-refractivity contribution is 7.13. The number of aromatic nitrogens is 1. The van der Waals surface area contributed by atoms with Gasteiger partial charge in [0.2, 0.25) is 5.91 Å². The molecule has 0 aliphatic rings. The zero-order valence-corrected chi connectivity index (χ0v) is 18.9. The molecule has 1 amide bonds. The Bertz CT molecular complexity index is 1260. The minimum atomic E-state index is -0.238. The highest BCUT2D eigenvalue weighted by Gasteiger charge is 2.19. The third-order valence-electron chi connectivity index (χ3n) is 4.92. The van der Waals surface area contributed by atoms with Crippen LogP contribution in [0.2, 0.25) is 5.02 Å². The molecule has 31 heavy (non-hydrogen) atoms. The number of ether oxygens (including phenoxy) is 1. The van der Waals surface area contributed by atoms with Crippen molar-refractivity contribution in [2.24, 2.45) is 0 Å². The van der Waals surface area contributed by atoms with Gasteiger partial charge in [-0.05, 0) is 50.1 Å². The average molecular weight is 453 g/mol. The Labute approximate surface area is 189 Å². The number of anilines is 1. The van der Waals surface area contributed by atoms with E-state index in [1.54, 1.807) is 18.5 Å². The number of hydrogen-bond donors (Lipinski definition) is 1. The monoisotopic (exact) mass is 452 g/mol. The minimum Gasteiger partial charge on any atom is -0.493 e. The molecule has 2 aromatic carbocycles. The fourth-order valence-electron chi connectivity index (χ4n) is 3.49. The molecule has 0 unspecified atom stereocenters. The van der Waals surface area contributed by atoms with Gasteiger partial charge in [0.25, 0.3) is 0 Å². The summed E-state index contributed by atoms with van der Waals surface area (Å²) in [6.45, 7) is 6.30. The number of allylic oxidation sites excluding steroid dienone is 1. The van der Waals surface area contributed by atoms with Crippen molar-refractivity contribution in [2.75, 3.05) is 11.9 Å². The van der Waals surface area contributed by atoms with E-state index >= 15 is 0 Å². The molecule has 4 rings (SSSR count). The first-order valence-electron chi connectivity index (χ1n) is 9.80. The van der Waals surface area contributed by atoms with Gasteiger partial charge in [0, 0.05) is 44.8 Å². The molecule has 5 nitrogen and oxygen atoms in total. The minimum absolute atomic E-state index is 0.238. The Hall–Kier alpha value is -3.09. The lowest BCUT2D eigenvalue weighted by Crippen LogP contribution is -2.08. The predicted molar refractivity (Wildman–Crippen MR) is 127 cm³/mol. The molecule has 0 saturated carbocycles. The smallest absolute Gasteiger partial charge is 0.250 e. The number of carbonyl (C=O) groups excluding carboxylic acids is 1. The van der Waals surface area contributed by atoms with Crippen LogP contribution in [0.1, 0.15) is 25.0 Å². The van der Waals surface area contributed by atoms with Crippen LogP contribution in [0.15, 0.2) is 58.7 Å². The first-order valence-corrected chi connectivity index (χ1v) is 11.1. The zero-order valence-electron chi connectivity index (χ0n) is 17.4. The molecule has 2 aromatic heterocycles. The molecular formula is C24H21ClN2O3S. The number of benzene rings is 2. The van der Waals surface area contributed by atoms with Crippen molar-refractivity contribution in [1.29, 1.82) is 0 Å². The summed E-state index contributed by atoms with van der Waals surface area (Å²) in [6.07, 6.45) is 4.96.